The molecule has 0 saturated carbocycles. The Bertz CT molecular complexity index is 3180. The highest BCUT2D eigenvalue weighted by atomic mass is 16.3. The Morgan fingerprint density at radius 1 is 0.382 bits per heavy atom. The third-order valence-corrected chi connectivity index (χ3v) is 10.7. The third kappa shape index (κ3) is 5.26. The normalized spacial score (nSPS) is 11.6. The van der Waals surface area contributed by atoms with Gasteiger partial charge in [-0.05, 0) is 111 Å². The molecule has 0 saturated heterocycles. The lowest BCUT2D eigenvalue weighted by atomic mass is 9.94. The summed E-state index contributed by atoms with van der Waals surface area (Å²) in [6, 6.07) is 68.1. The number of benzene rings is 9. The number of nitrogens with zero attached hydrogens (tertiary/aromatic N) is 2. The first-order chi connectivity index (χ1) is 27.2. The molecule has 0 bridgehead atoms. The number of para-hydroxylation sites is 2. The summed E-state index contributed by atoms with van der Waals surface area (Å²) < 4.78 is 13.0. The zero-order valence-electron chi connectivity index (χ0n) is 29.7. The van der Waals surface area contributed by atoms with Crippen LogP contribution in [0.4, 0.5) is 17.1 Å². The van der Waals surface area contributed by atoms with Gasteiger partial charge >= 0.3 is 0 Å². The van der Waals surface area contributed by atoms with Gasteiger partial charge in [-0.1, -0.05) is 121 Å². The van der Waals surface area contributed by atoms with Crippen LogP contribution in [0.2, 0.25) is 0 Å². The molecule has 0 unspecified atom stereocenters. The number of fused-ring (bicyclic) bond motifs is 8. The summed E-state index contributed by atoms with van der Waals surface area (Å²) in [4.78, 5) is 7.22. The van der Waals surface area contributed by atoms with Crippen molar-refractivity contribution in [3.63, 3.8) is 0 Å². The summed E-state index contributed by atoms with van der Waals surface area (Å²) in [5.41, 5.74) is 12.1. The molecule has 55 heavy (non-hydrogen) atoms. The second-order valence-corrected chi connectivity index (χ2v) is 13.9. The lowest BCUT2D eigenvalue weighted by molar-refractivity contribution is 0.623. The fourth-order valence-corrected chi connectivity index (χ4v) is 8.05. The van der Waals surface area contributed by atoms with Gasteiger partial charge < -0.3 is 13.7 Å². The lowest BCUT2D eigenvalue weighted by Crippen LogP contribution is -2.09. The Kier molecular flexibility index (Phi) is 7.14. The first kappa shape index (κ1) is 31.1. The number of hydrogen-bond acceptors (Lipinski definition) is 4. The summed E-state index contributed by atoms with van der Waals surface area (Å²) in [6.07, 6.45) is 0. The van der Waals surface area contributed by atoms with Gasteiger partial charge in [0.05, 0.1) is 0 Å². The average molecular weight is 705 g/mol. The fraction of sp³-hybridized carbons (Fsp3) is 0. The molecule has 11 rings (SSSR count). The number of furan rings is 1. The molecular formula is C51H32N2O2. The number of aromatic nitrogens is 1. The van der Waals surface area contributed by atoms with E-state index < -0.39 is 0 Å². The molecule has 2 heterocycles. The van der Waals surface area contributed by atoms with Gasteiger partial charge in [-0.15, -0.1) is 0 Å². The molecule has 4 nitrogen and oxygen atoms in total. The molecule has 0 atom stereocenters. The molecule has 0 aliphatic rings. The number of oxazole rings is 1. The maximum Gasteiger partial charge on any atom is 0.227 e. The van der Waals surface area contributed by atoms with Gasteiger partial charge in [0, 0.05) is 38.8 Å². The Hall–Kier alpha value is -7.43. The van der Waals surface area contributed by atoms with Crippen molar-refractivity contribution < 1.29 is 8.83 Å². The van der Waals surface area contributed by atoms with Crippen molar-refractivity contribution >= 4 is 71.6 Å². The van der Waals surface area contributed by atoms with Crippen LogP contribution in [-0.2, 0) is 0 Å². The molecule has 0 radical (unpaired) electrons. The minimum atomic E-state index is 0.622. The van der Waals surface area contributed by atoms with Crippen molar-refractivity contribution in [3.05, 3.63) is 194 Å². The van der Waals surface area contributed by atoms with E-state index >= 15 is 0 Å². The van der Waals surface area contributed by atoms with Crippen LogP contribution in [0.1, 0.15) is 0 Å². The van der Waals surface area contributed by atoms with Crippen LogP contribution in [0.3, 0.4) is 0 Å². The molecule has 0 amide bonds. The van der Waals surface area contributed by atoms with Crippen LogP contribution in [0.5, 0.6) is 0 Å². The van der Waals surface area contributed by atoms with Crippen LogP contribution in [0, 0.1) is 0 Å². The second-order valence-electron chi connectivity index (χ2n) is 13.9. The SMILES string of the molecule is c1ccc(-c2cc(-c3ccc(N(c4ccccc4)c4ccc5ccc6ccc7nc(-c8ccccc8)oc7c6c5c4)cc3)c3c(c2)oc2ccccc23)cc1. The summed E-state index contributed by atoms with van der Waals surface area (Å²) in [5, 5.41) is 6.66. The largest absolute Gasteiger partial charge is 0.456 e. The monoisotopic (exact) mass is 704 g/mol. The van der Waals surface area contributed by atoms with E-state index in [4.69, 9.17) is 13.8 Å². The fourth-order valence-electron chi connectivity index (χ4n) is 8.05. The summed E-state index contributed by atoms with van der Waals surface area (Å²) in [5.74, 6) is 0.622. The van der Waals surface area contributed by atoms with Gasteiger partial charge in [0.25, 0.3) is 0 Å². The van der Waals surface area contributed by atoms with Gasteiger partial charge in [-0.3, -0.25) is 0 Å². The molecular weight excluding hydrogens is 673 g/mol. The molecule has 258 valence electrons. The summed E-state index contributed by atoms with van der Waals surface area (Å²) in [7, 11) is 0. The zero-order chi connectivity index (χ0) is 36.3. The van der Waals surface area contributed by atoms with Gasteiger partial charge in [-0.25, -0.2) is 4.98 Å². The maximum absolute atomic E-state index is 6.56. The van der Waals surface area contributed by atoms with Crippen LogP contribution in [0.15, 0.2) is 203 Å². The lowest BCUT2D eigenvalue weighted by Gasteiger charge is -2.26. The van der Waals surface area contributed by atoms with Crippen LogP contribution < -0.4 is 4.90 Å². The smallest absolute Gasteiger partial charge is 0.227 e. The maximum atomic E-state index is 6.56. The summed E-state index contributed by atoms with van der Waals surface area (Å²) >= 11 is 0. The highest BCUT2D eigenvalue weighted by Gasteiger charge is 2.19. The minimum Gasteiger partial charge on any atom is -0.456 e. The predicted molar refractivity (Wildman–Crippen MR) is 227 cm³/mol. The van der Waals surface area contributed by atoms with E-state index in [-0.39, 0.29) is 0 Å². The first-order valence-electron chi connectivity index (χ1n) is 18.5. The average Bonchev–Trinajstić information content (AvgIpc) is 3.87. The van der Waals surface area contributed by atoms with E-state index in [0.717, 1.165) is 99.5 Å². The number of anilines is 3. The van der Waals surface area contributed by atoms with Gasteiger partial charge in [0.1, 0.15) is 16.7 Å². The third-order valence-electron chi connectivity index (χ3n) is 10.7. The van der Waals surface area contributed by atoms with Crippen molar-refractivity contribution in [1.82, 2.24) is 4.98 Å². The van der Waals surface area contributed by atoms with Crippen LogP contribution in [0.25, 0.3) is 88.3 Å². The molecule has 0 N–H and O–H groups in total. The molecule has 11 aromatic rings. The van der Waals surface area contributed by atoms with E-state index in [0.29, 0.717) is 5.89 Å². The number of rotatable bonds is 6. The van der Waals surface area contributed by atoms with E-state index in [9.17, 15) is 0 Å². The first-order valence-corrected chi connectivity index (χ1v) is 18.5. The molecule has 0 aliphatic carbocycles. The molecule has 0 spiro atoms. The second kappa shape index (κ2) is 12.6. The van der Waals surface area contributed by atoms with Crippen LogP contribution in [-0.4, -0.2) is 4.98 Å². The highest BCUT2D eigenvalue weighted by Crippen LogP contribution is 2.43. The predicted octanol–water partition coefficient (Wildman–Crippen LogP) is 14.5. The molecule has 2 aromatic heterocycles. The molecule has 0 aliphatic heterocycles. The van der Waals surface area contributed by atoms with E-state index in [2.05, 4.69) is 157 Å². The van der Waals surface area contributed by atoms with E-state index in [1.54, 1.807) is 0 Å². The topological polar surface area (TPSA) is 42.4 Å². The van der Waals surface area contributed by atoms with Crippen molar-refractivity contribution in [3.8, 4) is 33.7 Å². The quantitative estimate of drug-likeness (QED) is 0.162. The van der Waals surface area contributed by atoms with Crippen molar-refractivity contribution in [2.45, 2.75) is 0 Å². The Morgan fingerprint density at radius 2 is 1.02 bits per heavy atom. The van der Waals surface area contributed by atoms with Gasteiger partial charge in [0.15, 0.2) is 5.58 Å². The Balaban J connectivity index is 1.07. The van der Waals surface area contributed by atoms with Crippen molar-refractivity contribution in [1.29, 1.82) is 0 Å². The van der Waals surface area contributed by atoms with Crippen molar-refractivity contribution in [2.75, 3.05) is 4.90 Å². The Labute approximate surface area is 317 Å². The van der Waals surface area contributed by atoms with E-state index in [1.807, 2.05) is 42.5 Å². The zero-order valence-corrected chi connectivity index (χ0v) is 29.7. The van der Waals surface area contributed by atoms with Crippen molar-refractivity contribution in [2.24, 2.45) is 0 Å². The number of hydrogen-bond donors (Lipinski definition) is 0. The molecule has 4 heteroatoms. The van der Waals surface area contributed by atoms with Gasteiger partial charge in [-0.2, -0.15) is 0 Å². The highest BCUT2D eigenvalue weighted by molar-refractivity contribution is 6.19. The van der Waals surface area contributed by atoms with E-state index in [1.165, 1.54) is 0 Å². The van der Waals surface area contributed by atoms with Crippen LogP contribution >= 0.6 is 0 Å². The standard InChI is InChI=1S/C51H32N2O2/c1-4-12-33(13-5-1)38-30-43(49-42-18-10-11-19-46(42)54-47(49)31-38)35-22-26-40(27-23-35)53(39-16-8-3-9-17-39)41-28-24-34-20-21-36-25-29-45-50(48(36)44(34)32-41)55-51(52-45)37-14-6-2-7-15-37/h1-32H. The molecule has 0 fully saturated rings. The summed E-state index contributed by atoms with van der Waals surface area (Å²) in [6.45, 7) is 0. The minimum absolute atomic E-state index is 0.622. The van der Waals surface area contributed by atoms with Gasteiger partial charge in [0.2, 0.25) is 5.89 Å². The molecule has 9 aromatic carbocycles. The Morgan fingerprint density at radius 3 is 1.82 bits per heavy atom.